The van der Waals surface area contributed by atoms with Gasteiger partial charge in [-0.15, -0.1) is 0 Å². The number of thiazole rings is 1. The number of rotatable bonds is 4. The van der Waals surface area contributed by atoms with E-state index in [0.29, 0.717) is 0 Å². The zero-order chi connectivity index (χ0) is 18.1. The highest BCUT2D eigenvalue weighted by Crippen LogP contribution is 2.30. The van der Waals surface area contributed by atoms with Gasteiger partial charge in [0.05, 0.1) is 5.56 Å². The number of aryl methyl sites for hydroxylation is 1. The maximum atomic E-state index is 2.45. The zero-order valence-electron chi connectivity index (χ0n) is 15.8. The summed E-state index contributed by atoms with van der Waals surface area (Å²) in [5, 5.41) is 1.31. The Kier molecular flexibility index (Phi) is 5.83. The lowest BCUT2D eigenvalue weighted by molar-refractivity contribution is -0.647. The Morgan fingerprint density at radius 2 is 1.59 bits per heavy atom. The fourth-order valence-electron chi connectivity index (χ4n) is 3.23. The molecule has 0 amide bonds. The first-order chi connectivity index (χ1) is 12.6. The van der Waals surface area contributed by atoms with E-state index in [9.17, 15) is 0 Å². The summed E-state index contributed by atoms with van der Waals surface area (Å²) in [5.74, 6) is 0. The summed E-state index contributed by atoms with van der Waals surface area (Å²) in [4.78, 5) is 2.14. The monoisotopic (exact) mass is 394 g/mol. The predicted octanol–water partition coefficient (Wildman–Crippen LogP) is 2.28. The number of aromatic nitrogens is 1. The summed E-state index contributed by atoms with van der Waals surface area (Å²) in [5.41, 5.74) is 6.42. The van der Waals surface area contributed by atoms with E-state index < -0.39 is 0 Å². The highest BCUT2D eigenvalue weighted by Gasteiger charge is 2.22. The van der Waals surface area contributed by atoms with Crippen LogP contribution in [0.3, 0.4) is 0 Å². The first-order valence-electron chi connectivity index (χ1n) is 8.86. The van der Waals surface area contributed by atoms with Crippen LogP contribution in [0.25, 0.3) is 20.8 Å². The molecular formula is C23H23ClN2S. The highest BCUT2D eigenvalue weighted by molar-refractivity contribution is 7.21. The number of benzene rings is 3. The Morgan fingerprint density at radius 3 is 2.26 bits per heavy atom. The van der Waals surface area contributed by atoms with Crippen LogP contribution in [0.2, 0.25) is 0 Å². The summed E-state index contributed by atoms with van der Waals surface area (Å²) >= 11 is 1.87. The molecule has 2 nitrogen and oxygen atoms in total. The summed E-state index contributed by atoms with van der Waals surface area (Å²) in [6.45, 7) is 3.05. The minimum atomic E-state index is 0. The van der Waals surface area contributed by atoms with Crippen LogP contribution in [-0.2, 0) is 6.54 Å². The molecule has 27 heavy (non-hydrogen) atoms. The molecule has 4 rings (SSSR count). The summed E-state index contributed by atoms with van der Waals surface area (Å²) in [7, 11) is 4.15. The van der Waals surface area contributed by atoms with Crippen molar-refractivity contribution in [1.29, 1.82) is 0 Å². The molecule has 1 aromatic heterocycles. The van der Waals surface area contributed by atoms with Crippen molar-refractivity contribution < 1.29 is 17.0 Å². The van der Waals surface area contributed by atoms with Gasteiger partial charge in [0, 0.05) is 31.4 Å². The minimum Gasteiger partial charge on any atom is -1.00 e. The highest BCUT2D eigenvalue weighted by atomic mass is 35.5. The predicted molar refractivity (Wildman–Crippen MR) is 112 cm³/mol. The van der Waals surface area contributed by atoms with E-state index in [-0.39, 0.29) is 12.4 Å². The van der Waals surface area contributed by atoms with Crippen molar-refractivity contribution >= 4 is 27.2 Å². The second-order valence-electron chi connectivity index (χ2n) is 6.89. The number of hydrogen-bond donors (Lipinski definition) is 0. The van der Waals surface area contributed by atoms with E-state index in [1.165, 1.54) is 37.6 Å². The Morgan fingerprint density at radius 1 is 0.889 bits per heavy atom. The van der Waals surface area contributed by atoms with Crippen molar-refractivity contribution in [3.05, 3.63) is 83.9 Å². The third-order valence-electron chi connectivity index (χ3n) is 4.67. The number of nitrogens with zero attached hydrogens (tertiary/aromatic N) is 2. The zero-order valence-corrected chi connectivity index (χ0v) is 17.4. The molecule has 138 valence electrons. The van der Waals surface area contributed by atoms with E-state index in [4.69, 9.17) is 0 Å². The van der Waals surface area contributed by atoms with Crippen LogP contribution in [0.15, 0.2) is 72.8 Å². The lowest BCUT2D eigenvalue weighted by atomic mass is 10.1. The van der Waals surface area contributed by atoms with Gasteiger partial charge in [0.15, 0.2) is 6.54 Å². The number of hydrogen-bond acceptors (Lipinski definition) is 2. The number of halogens is 1. The molecule has 0 spiro atoms. The molecule has 0 radical (unpaired) electrons. The van der Waals surface area contributed by atoms with E-state index in [0.717, 1.165) is 6.54 Å². The van der Waals surface area contributed by atoms with Gasteiger partial charge in [-0.3, -0.25) is 0 Å². The largest absolute Gasteiger partial charge is 1.00 e. The molecule has 0 atom stereocenters. The van der Waals surface area contributed by atoms with Crippen molar-refractivity contribution in [2.45, 2.75) is 13.5 Å². The lowest BCUT2D eigenvalue weighted by Crippen LogP contribution is -3.00. The van der Waals surface area contributed by atoms with Gasteiger partial charge in [-0.2, -0.15) is 4.57 Å². The Balaban J connectivity index is 0.00000210. The Hall–Kier alpha value is -2.36. The second kappa shape index (κ2) is 8.12. The fourth-order valence-corrected chi connectivity index (χ4v) is 4.38. The molecule has 0 aliphatic heterocycles. The van der Waals surface area contributed by atoms with Crippen LogP contribution < -0.4 is 21.9 Å². The molecule has 0 aliphatic rings. The molecular weight excluding hydrogens is 372 g/mol. The van der Waals surface area contributed by atoms with Crippen LogP contribution in [0, 0.1) is 6.92 Å². The molecule has 0 saturated heterocycles. The van der Waals surface area contributed by atoms with Crippen molar-refractivity contribution in [3.8, 4) is 10.6 Å². The van der Waals surface area contributed by atoms with Crippen molar-refractivity contribution in [2.75, 3.05) is 19.0 Å². The van der Waals surface area contributed by atoms with Crippen molar-refractivity contribution in [2.24, 2.45) is 0 Å². The Bertz CT molecular complexity index is 1040. The smallest absolute Gasteiger partial charge is 0.270 e. The normalized spacial score (nSPS) is 10.6. The van der Waals surface area contributed by atoms with Crippen LogP contribution in [0.1, 0.15) is 11.1 Å². The quantitative estimate of drug-likeness (QED) is 0.482. The minimum absolute atomic E-state index is 0. The van der Waals surface area contributed by atoms with Gasteiger partial charge in [-0.1, -0.05) is 47.7 Å². The lowest BCUT2D eigenvalue weighted by Gasteiger charge is -2.11. The van der Waals surface area contributed by atoms with Gasteiger partial charge in [-0.25, -0.2) is 0 Å². The van der Waals surface area contributed by atoms with Gasteiger partial charge >= 0.3 is 0 Å². The molecule has 0 saturated carbocycles. The third kappa shape index (κ3) is 4.00. The van der Waals surface area contributed by atoms with E-state index in [1.54, 1.807) is 0 Å². The second-order valence-corrected chi connectivity index (χ2v) is 7.92. The maximum absolute atomic E-state index is 2.45. The van der Waals surface area contributed by atoms with Gasteiger partial charge in [0.2, 0.25) is 5.52 Å². The van der Waals surface area contributed by atoms with E-state index in [1.807, 2.05) is 11.3 Å². The van der Waals surface area contributed by atoms with Crippen molar-refractivity contribution in [1.82, 2.24) is 0 Å². The van der Waals surface area contributed by atoms with Gasteiger partial charge in [-0.05, 0) is 42.8 Å². The van der Waals surface area contributed by atoms with Gasteiger partial charge < -0.3 is 17.3 Å². The molecule has 4 aromatic rings. The maximum Gasteiger partial charge on any atom is 0.270 e. The van der Waals surface area contributed by atoms with Crippen LogP contribution in [0.4, 0.5) is 5.69 Å². The van der Waals surface area contributed by atoms with Crippen LogP contribution >= 0.6 is 11.3 Å². The molecule has 1 heterocycles. The standard InChI is InChI=1S/C23H23N2S.ClH/c1-17-9-14-22-21(15-17)25(16-18-7-5-4-6-8-18)23(26-22)19-10-12-20(13-11-19)24(2)3;/h4-15H,16H2,1-3H3;1H/q+1;/p-1. The van der Waals surface area contributed by atoms with Crippen molar-refractivity contribution in [3.63, 3.8) is 0 Å². The first kappa shape index (κ1) is 19.4. The molecule has 0 bridgehead atoms. The SMILES string of the molecule is Cc1ccc2sc(-c3ccc(N(C)C)cc3)[n+](Cc3ccccc3)c2c1.[Cl-]. The topological polar surface area (TPSA) is 7.12 Å². The molecule has 0 fully saturated rings. The Labute approximate surface area is 171 Å². The number of fused-ring (bicyclic) bond motifs is 1. The molecule has 0 N–H and O–H groups in total. The van der Waals surface area contributed by atoms with Gasteiger partial charge in [0.25, 0.3) is 5.01 Å². The molecule has 4 heteroatoms. The first-order valence-corrected chi connectivity index (χ1v) is 9.68. The average Bonchev–Trinajstić information content (AvgIpc) is 3.00. The van der Waals surface area contributed by atoms with Crippen LogP contribution in [0.5, 0.6) is 0 Å². The molecule has 0 aliphatic carbocycles. The van der Waals surface area contributed by atoms with E-state index in [2.05, 4.69) is 103 Å². The fraction of sp³-hybridized carbons (Fsp3) is 0.174. The molecule has 0 unspecified atom stereocenters. The average molecular weight is 395 g/mol. The summed E-state index contributed by atoms with van der Waals surface area (Å²) < 4.78 is 3.78. The third-order valence-corrected chi connectivity index (χ3v) is 5.89. The summed E-state index contributed by atoms with van der Waals surface area (Å²) in [6.07, 6.45) is 0. The van der Waals surface area contributed by atoms with E-state index >= 15 is 0 Å². The summed E-state index contributed by atoms with van der Waals surface area (Å²) in [6, 6.07) is 26.3. The number of anilines is 1. The van der Waals surface area contributed by atoms with Gasteiger partial charge in [0.1, 0.15) is 4.70 Å². The van der Waals surface area contributed by atoms with Crippen LogP contribution in [-0.4, -0.2) is 14.1 Å². The molecule has 3 aromatic carbocycles.